The molecule has 0 atom stereocenters. The summed E-state index contributed by atoms with van der Waals surface area (Å²) >= 11 is 0. The third-order valence-electron chi connectivity index (χ3n) is 1.08. The van der Waals surface area contributed by atoms with Gasteiger partial charge in [-0.3, -0.25) is 0 Å². The molecule has 0 fully saturated rings. The lowest BCUT2D eigenvalue weighted by Crippen LogP contribution is -1.99. The quantitative estimate of drug-likeness (QED) is 0.610. The highest BCUT2D eigenvalue weighted by Crippen LogP contribution is 2.12. The number of anilines is 1. The van der Waals surface area contributed by atoms with Gasteiger partial charge in [0.25, 0.3) is 5.88 Å². The second-order valence-electron chi connectivity index (χ2n) is 1.91. The number of rotatable bonds is 1. The van der Waals surface area contributed by atoms with E-state index in [4.69, 9.17) is 10.5 Å². The van der Waals surface area contributed by atoms with Crippen molar-refractivity contribution in [1.29, 1.82) is 0 Å². The van der Waals surface area contributed by atoms with E-state index in [0.29, 0.717) is 11.7 Å². The molecule has 2 N–H and O–H groups in total. The van der Waals surface area contributed by atoms with E-state index in [1.54, 1.807) is 6.20 Å². The Morgan fingerprint density at radius 2 is 2.30 bits per heavy atom. The number of ether oxygens (including phenoxy) is 1. The van der Waals surface area contributed by atoms with Gasteiger partial charge in [0.2, 0.25) is 0 Å². The van der Waals surface area contributed by atoms with Crippen LogP contribution in [0.1, 0.15) is 5.69 Å². The molecule has 1 heterocycles. The fraction of sp³-hybridized carbons (Fsp3) is 0.333. The molecule has 0 aliphatic rings. The molecule has 0 saturated carbocycles. The zero-order valence-electron chi connectivity index (χ0n) is 5.96. The van der Waals surface area contributed by atoms with E-state index in [0.717, 1.165) is 5.69 Å². The van der Waals surface area contributed by atoms with Crippen molar-refractivity contribution in [3.05, 3.63) is 11.9 Å². The predicted molar refractivity (Wildman–Crippen MR) is 37.7 cm³/mol. The van der Waals surface area contributed by atoms with Crippen LogP contribution in [0.25, 0.3) is 0 Å². The number of nitrogen functional groups attached to an aromatic ring is 1. The molecule has 54 valence electrons. The number of nitrogens with two attached hydrogens (primary N) is 1. The molecule has 4 nitrogen and oxygen atoms in total. The van der Waals surface area contributed by atoms with E-state index < -0.39 is 0 Å². The first-order valence-electron chi connectivity index (χ1n) is 2.87. The minimum atomic E-state index is 0.336. The monoisotopic (exact) mass is 139 g/mol. The van der Waals surface area contributed by atoms with E-state index in [9.17, 15) is 0 Å². The number of nitrogens with zero attached hydrogens (tertiary/aromatic N) is 2. The van der Waals surface area contributed by atoms with Gasteiger partial charge in [-0.1, -0.05) is 0 Å². The molecule has 1 aromatic rings. The van der Waals surface area contributed by atoms with Crippen LogP contribution in [-0.4, -0.2) is 17.1 Å². The average molecular weight is 139 g/mol. The summed E-state index contributed by atoms with van der Waals surface area (Å²) in [6, 6.07) is 0. The molecule has 10 heavy (non-hydrogen) atoms. The SMILES string of the molecule is COc1ncc(C)nc1N. The Morgan fingerprint density at radius 3 is 2.80 bits per heavy atom. The first kappa shape index (κ1) is 6.80. The zero-order chi connectivity index (χ0) is 7.56. The smallest absolute Gasteiger partial charge is 0.256 e. The van der Waals surface area contributed by atoms with Gasteiger partial charge in [0.05, 0.1) is 19.0 Å². The Balaban J connectivity index is 3.07. The molecule has 0 bridgehead atoms. The maximum absolute atomic E-state index is 5.43. The minimum absolute atomic E-state index is 0.336. The molecule has 0 unspecified atom stereocenters. The summed E-state index contributed by atoms with van der Waals surface area (Å²) in [6.07, 6.45) is 1.61. The van der Waals surface area contributed by atoms with Crippen molar-refractivity contribution in [3.63, 3.8) is 0 Å². The van der Waals surface area contributed by atoms with E-state index in [1.165, 1.54) is 7.11 Å². The third-order valence-corrected chi connectivity index (χ3v) is 1.08. The maximum Gasteiger partial charge on any atom is 0.256 e. The molecule has 0 saturated heterocycles. The summed E-state index contributed by atoms with van der Waals surface area (Å²) in [5.74, 6) is 0.716. The van der Waals surface area contributed by atoms with Gasteiger partial charge in [0.1, 0.15) is 0 Å². The lowest BCUT2D eigenvalue weighted by Gasteiger charge is -2.00. The molecule has 1 rings (SSSR count). The van der Waals surface area contributed by atoms with Crippen molar-refractivity contribution in [3.8, 4) is 5.88 Å². The molecule has 0 radical (unpaired) electrons. The molecule has 0 spiro atoms. The molecular formula is C6H9N3O. The van der Waals surface area contributed by atoms with Gasteiger partial charge in [0.15, 0.2) is 5.82 Å². The van der Waals surface area contributed by atoms with Crippen molar-refractivity contribution >= 4 is 5.82 Å². The van der Waals surface area contributed by atoms with Crippen LogP contribution in [0.4, 0.5) is 5.82 Å². The summed E-state index contributed by atoms with van der Waals surface area (Å²) < 4.78 is 4.80. The van der Waals surface area contributed by atoms with Gasteiger partial charge < -0.3 is 10.5 Å². The highest BCUT2D eigenvalue weighted by Gasteiger charge is 1.99. The number of aromatic nitrogens is 2. The summed E-state index contributed by atoms with van der Waals surface area (Å²) in [7, 11) is 1.51. The lowest BCUT2D eigenvalue weighted by molar-refractivity contribution is 0.398. The molecule has 0 aliphatic heterocycles. The van der Waals surface area contributed by atoms with Crippen molar-refractivity contribution in [1.82, 2.24) is 9.97 Å². The number of methoxy groups -OCH3 is 1. The highest BCUT2D eigenvalue weighted by molar-refractivity contribution is 5.39. The molecule has 0 amide bonds. The van der Waals surface area contributed by atoms with Crippen molar-refractivity contribution in [2.45, 2.75) is 6.92 Å². The average Bonchev–Trinajstić information content (AvgIpc) is 1.88. The van der Waals surface area contributed by atoms with Gasteiger partial charge >= 0.3 is 0 Å². The number of hydrogen-bond donors (Lipinski definition) is 1. The largest absolute Gasteiger partial charge is 0.478 e. The summed E-state index contributed by atoms with van der Waals surface area (Å²) in [5.41, 5.74) is 6.22. The van der Waals surface area contributed by atoms with Crippen LogP contribution >= 0.6 is 0 Å². The van der Waals surface area contributed by atoms with Gasteiger partial charge in [-0.2, -0.15) is 0 Å². The standard InChI is InChI=1S/C6H9N3O/c1-4-3-8-6(10-2)5(7)9-4/h3H,1-2H3,(H2,7,9). The van der Waals surface area contributed by atoms with Crippen LogP contribution in [0.15, 0.2) is 6.20 Å². The van der Waals surface area contributed by atoms with Gasteiger partial charge in [0, 0.05) is 0 Å². The van der Waals surface area contributed by atoms with Crippen LogP contribution < -0.4 is 10.5 Å². The number of aryl methyl sites for hydroxylation is 1. The van der Waals surface area contributed by atoms with E-state index in [1.807, 2.05) is 6.92 Å². The number of hydrogen-bond acceptors (Lipinski definition) is 4. The van der Waals surface area contributed by atoms with Gasteiger partial charge in [-0.25, -0.2) is 9.97 Å². The molecule has 0 aromatic carbocycles. The van der Waals surface area contributed by atoms with Crippen LogP contribution in [-0.2, 0) is 0 Å². The Morgan fingerprint density at radius 1 is 1.60 bits per heavy atom. The fourth-order valence-corrected chi connectivity index (χ4v) is 0.642. The van der Waals surface area contributed by atoms with Crippen molar-refractivity contribution in [2.75, 3.05) is 12.8 Å². The van der Waals surface area contributed by atoms with E-state index in [-0.39, 0.29) is 0 Å². The first-order chi connectivity index (χ1) is 4.74. The zero-order valence-corrected chi connectivity index (χ0v) is 5.96. The lowest BCUT2D eigenvalue weighted by atomic mass is 10.5. The van der Waals surface area contributed by atoms with Gasteiger partial charge in [-0.15, -0.1) is 0 Å². The first-order valence-corrected chi connectivity index (χ1v) is 2.87. The molecule has 1 aromatic heterocycles. The maximum atomic E-state index is 5.43. The Labute approximate surface area is 59.1 Å². The van der Waals surface area contributed by atoms with Crippen molar-refractivity contribution in [2.24, 2.45) is 0 Å². The second kappa shape index (κ2) is 2.51. The van der Waals surface area contributed by atoms with Crippen molar-refractivity contribution < 1.29 is 4.74 Å². The molecule has 0 aliphatic carbocycles. The highest BCUT2D eigenvalue weighted by atomic mass is 16.5. The summed E-state index contributed by atoms with van der Waals surface area (Å²) in [4.78, 5) is 7.82. The fourth-order valence-electron chi connectivity index (χ4n) is 0.642. The minimum Gasteiger partial charge on any atom is -0.478 e. The Bertz CT molecular complexity index is 236. The summed E-state index contributed by atoms with van der Waals surface area (Å²) in [5, 5.41) is 0. The van der Waals surface area contributed by atoms with E-state index >= 15 is 0 Å². The normalized spacial score (nSPS) is 9.40. The summed E-state index contributed by atoms with van der Waals surface area (Å²) in [6.45, 7) is 1.82. The van der Waals surface area contributed by atoms with E-state index in [2.05, 4.69) is 9.97 Å². The second-order valence-corrected chi connectivity index (χ2v) is 1.91. The molecular weight excluding hydrogens is 130 g/mol. The topological polar surface area (TPSA) is 61.0 Å². The third kappa shape index (κ3) is 1.15. The van der Waals surface area contributed by atoms with Crippen LogP contribution in [0, 0.1) is 6.92 Å². The van der Waals surface area contributed by atoms with Gasteiger partial charge in [-0.05, 0) is 6.92 Å². The predicted octanol–water partition coefficient (Wildman–Crippen LogP) is 0.376. The molecule has 4 heteroatoms. The Kier molecular flexibility index (Phi) is 1.71. The van der Waals surface area contributed by atoms with Crippen LogP contribution in [0.2, 0.25) is 0 Å². The Hall–Kier alpha value is -1.32. The van der Waals surface area contributed by atoms with Crippen LogP contribution in [0.5, 0.6) is 5.88 Å². The van der Waals surface area contributed by atoms with Crippen LogP contribution in [0.3, 0.4) is 0 Å².